The molecule has 0 amide bonds. The van der Waals surface area contributed by atoms with Crippen molar-refractivity contribution in [2.45, 2.75) is 50.8 Å². The molecule has 0 fully saturated rings. The molecule has 4 heteroatoms. The number of allylic oxidation sites excluding steroid dienone is 2. The van der Waals surface area contributed by atoms with Crippen LogP contribution in [0, 0.1) is 6.92 Å². The number of hydrogen-bond acceptors (Lipinski definition) is 3. The average molecular weight is 296 g/mol. The van der Waals surface area contributed by atoms with Crippen molar-refractivity contribution in [3.63, 3.8) is 0 Å². The molecule has 0 unspecified atom stereocenters. The van der Waals surface area contributed by atoms with E-state index in [0.717, 1.165) is 18.4 Å². The SMILES string of the molecule is CCCC/C=C/CCCOS(=O)(=O)c1ccc(C)cc1. The van der Waals surface area contributed by atoms with Crippen LogP contribution >= 0.6 is 0 Å². The maximum absolute atomic E-state index is 11.9. The van der Waals surface area contributed by atoms with Crippen LogP contribution in [-0.2, 0) is 14.3 Å². The van der Waals surface area contributed by atoms with Gasteiger partial charge in [-0.05, 0) is 38.3 Å². The molecule has 0 saturated carbocycles. The summed E-state index contributed by atoms with van der Waals surface area (Å²) in [5.74, 6) is 0. The predicted octanol–water partition coefficient (Wildman–Crippen LogP) is 4.23. The molecule has 3 nitrogen and oxygen atoms in total. The fourth-order valence-corrected chi connectivity index (χ4v) is 2.64. The van der Waals surface area contributed by atoms with Gasteiger partial charge in [-0.3, -0.25) is 4.18 Å². The molecule has 1 rings (SSSR count). The Morgan fingerprint density at radius 3 is 2.25 bits per heavy atom. The molecule has 1 aromatic rings. The van der Waals surface area contributed by atoms with E-state index in [1.807, 2.05) is 6.92 Å². The first kappa shape index (κ1) is 16.9. The Hall–Kier alpha value is -1.13. The second-order valence-electron chi connectivity index (χ2n) is 4.85. The number of aryl methyl sites for hydroxylation is 1. The molecule has 0 bridgehead atoms. The molecule has 20 heavy (non-hydrogen) atoms. The minimum absolute atomic E-state index is 0.224. The summed E-state index contributed by atoms with van der Waals surface area (Å²) >= 11 is 0. The molecule has 0 spiro atoms. The van der Waals surface area contributed by atoms with Gasteiger partial charge in [-0.2, -0.15) is 8.42 Å². The molecule has 0 atom stereocenters. The van der Waals surface area contributed by atoms with Crippen LogP contribution in [0.3, 0.4) is 0 Å². The Morgan fingerprint density at radius 2 is 1.65 bits per heavy atom. The lowest BCUT2D eigenvalue weighted by molar-refractivity contribution is 0.313. The highest BCUT2D eigenvalue weighted by molar-refractivity contribution is 7.86. The normalized spacial score (nSPS) is 12.1. The van der Waals surface area contributed by atoms with Crippen molar-refractivity contribution in [3.05, 3.63) is 42.0 Å². The van der Waals surface area contributed by atoms with Crippen molar-refractivity contribution in [2.75, 3.05) is 6.61 Å². The van der Waals surface area contributed by atoms with Crippen LogP contribution < -0.4 is 0 Å². The standard InChI is InChI=1S/C16H24O3S/c1-3-4-5-6-7-8-9-14-19-20(17,18)16-12-10-15(2)11-13-16/h6-7,10-13H,3-5,8-9,14H2,1-2H3/b7-6+. The van der Waals surface area contributed by atoms with Crippen LogP contribution in [0.4, 0.5) is 0 Å². The van der Waals surface area contributed by atoms with E-state index < -0.39 is 10.1 Å². The summed E-state index contributed by atoms with van der Waals surface area (Å²) < 4.78 is 28.8. The maximum atomic E-state index is 11.9. The molecule has 0 heterocycles. The smallest absolute Gasteiger partial charge is 0.266 e. The van der Waals surface area contributed by atoms with Crippen molar-refractivity contribution in [3.8, 4) is 0 Å². The highest BCUT2D eigenvalue weighted by atomic mass is 32.2. The first-order valence-corrected chi connectivity index (χ1v) is 8.58. The summed E-state index contributed by atoms with van der Waals surface area (Å²) in [7, 11) is -3.60. The molecule has 0 N–H and O–H groups in total. The molecular weight excluding hydrogens is 272 g/mol. The third-order valence-corrected chi connectivity index (χ3v) is 4.28. The number of hydrogen-bond donors (Lipinski definition) is 0. The molecule has 0 aliphatic heterocycles. The van der Waals surface area contributed by atoms with Crippen molar-refractivity contribution >= 4 is 10.1 Å². The minimum Gasteiger partial charge on any atom is -0.266 e. The zero-order valence-electron chi connectivity index (χ0n) is 12.3. The van der Waals surface area contributed by atoms with Crippen LogP contribution in [0.1, 0.15) is 44.6 Å². The Balaban J connectivity index is 2.30. The molecule has 0 aromatic heterocycles. The van der Waals surface area contributed by atoms with E-state index in [9.17, 15) is 8.42 Å². The van der Waals surface area contributed by atoms with E-state index in [1.54, 1.807) is 24.3 Å². The Labute approximate surface area is 122 Å². The van der Waals surface area contributed by atoms with Gasteiger partial charge in [-0.15, -0.1) is 0 Å². The number of rotatable bonds is 9. The van der Waals surface area contributed by atoms with Gasteiger partial charge in [-0.1, -0.05) is 49.6 Å². The molecule has 0 aliphatic rings. The Bertz CT molecular complexity index is 501. The topological polar surface area (TPSA) is 43.4 Å². The average Bonchev–Trinajstić information content (AvgIpc) is 2.42. The van der Waals surface area contributed by atoms with Gasteiger partial charge in [0.15, 0.2) is 0 Å². The highest BCUT2D eigenvalue weighted by Gasteiger charge is 2.13. The van der Waals surface area contributed by atoms with Crippen molar-refractivity contribution < 1.29 is 12.6 Å². The summed E-state index contributed by atoms with van der Waals surface area (Å²) in [4.78, 5) is 0.224. The molecular formula is C16H24O3S. The van der Waals surface area contributed by atoms with Gasteiger partial charge in [0.1, 0.15) is 0 Å². The van der Waals surface area contributed by atoms with Gasteiger partial charge in [0.2, 0.25) is 0 Å². The zero-order valence-corrected chi connectivity index (χ0v) is 13.2. The summed E-state index contributed by atoms with van der Waals surface area (Å²) in [6, 6.07) is 6.70. The van der Waals surface area contributed by atoms with Crippen LogP contribution in [-0.4, -0.2) is 15.0 Å². The van der Waals surface area contributed by atoms with Gasteiger partial charge >= 0.3 is 0 Å². The lowest BCUT2D eigenvalue weighted by Gasteiger charge is -2.05. The van der Waals surface area contributed by atoms with E-state index in [4.69, 9.17) is 4.18 Å². The summed E-state index contributed by atoms with van der Waals surface area (Å²) in [5, 5.41) is 0. The molecule has 1 aromatic carbocycles. The molecule has 0 radical (unpaired) electrons. The quantitative estimate of drug-likeness (QED) is 0.389. The summed E-state index contributed by atoms with van der Waals surface area (Å²) in [6.07, 6.45) is 9.31. The fraction of sp³-hybridized carbons (Fsp3) is 0.500. The zero-order chi connectivity index (χ0) is 14.8. The van der Waals surface area contributed by atoms with Gasteiger partial charge in [0.25, 0.3) is 10.1 Å². The first-order chi connectivity index (χ1) is 9.56. The van der Waals surface area contributed by atoms with Crippen LogP contribution in [0.2, 0.25) is 0 Å². The van der Waals surface area contributed by atoms with Gasteiger partial charge in [0.05, 0.1) is 11.5 Å². The van der Waals surface area contributed by atoms with Crippen molar-refractivity contribution in [1.82, 2.24) is 0 Å². The molecule has 112 valence electrons. The third kappa shape index (κ3) is 6.35. The number of unbranched alkanes of at least 4 members (excludes halogenated alkanes) is 3. The Morgan fingerprint density at radius 1 is 1.05 bits per heavy atom. The lowest BCUT2D eigenvalue weighted by Crippen LogP contribution is -2.07. The second-order valence-corrected chi connectivity index (χ2v) is 6.46. The van der Waals surface area contributed by atoms with E-state index in [0.29, 0.717) is 6.42 Å². The Kier molecular flexibility index (Phi) is 7.55. The van der Waals surface area contributed by atoms with E-state index >= 15 is 0 Å². The highest BCUT2D eigenvalue weighted by Crippen LogP contribution is 2.13. The summed E-state index contributed by atoms with van der Waals surface area (Å²) in [6.45, 7) is 4.31. The maximum Gasteiger partial charge on any atom is 0.296 e. The van der Waals surface area contributed by atoms with Crippen molar-refractivity contribution in [1.29, 1.82) is 0 Å². The third-order valence-electron chi connectivity index (χ3n) is 2.95. The van der Waals surface area contributed by atoms with Gasteiger partial charge < -0.3 is 0 Å². The second kappa shape index (κ2) is 8.93. The van der Waals surface area contributed by atoms with Crippen LogP contribution in [0.15, 0.2) is 41.3 Å². The lowest BCUT2D eigenvalue weighted by atomic mass is 10.2. The van der Waals surface area contributed by atoms with Crippen LogP contribution in [0.5, 0.6) is 0 Å². The number of benzene rings is 1. The van der Waals surface area contributed by atoms with Gasteiger partial charge in [-0.25, -0.2) is 0 Å². The van der Waals surface area contributed by atoms with E-state index in [-0.39, 0.29) is 11.5 Å². The molecule has 0 saturated heterocycles. The summed E-state index contributed by atoms with van der Waals surface area (Å²) in [5.41, 5.74) is 1.03. The van der Waals surface area contributed by atoms with Gasteiger partial charge in [0, 0.05) is 0 Å². The van der Waals surface area contributed by atoms with E-state index in [2.05, 4.69) is 19.1 Å². The predicted molar refractivity (Wildman–Crippen MR) is 82.2 cm³/mol. The largest absolute Gasteiger partial charge is 0.296 e. The first-order valence-electron chi connectivity index (χ1n) is 7.17. The van der Waals surface area contributed by atoms with Crippen LogP contribution in [0.25, 0.3) is 0 Å². The minimum atomic E-state index is -3.60. The van der Waals surface area contributed by atoms with E-state index in [1.165, 1.54) is 12.8 Å². The fourth-order valence-electron chi connectivity index (χ4n) is 1.70. The monoisotopic (exact) mass is 296 g/mol. The molecule has 0 aliphatic carbocycles. The van der Waals surface area contributed by atoms with Crippen molar-refractivity contribution in [2.24, 2.45) is 0 Å².